The first-order valence-electron chi connectivity index (χ1n) is 6.90. The van der Waals surface area contributed by atoms with Crippen molar-refractivity contribution < 1.29 is 13.3 Å². The van der Waals surface area contributed by atoms with Gasteiger partial charge in [-0.2, -0.15) is 0 Å². The van der Waals surface area contributed by atoms with E-state index < -0.39 is 7.47 Å². The lowest BCUT2D eigenvalue weighted by Crippen LogP contribution is -2.04. The third kappa shape index (κ3) is 3.96. The second kappa shape index (κ2) is 6.92. The SMILES string of the molecule is FB(F)O/C(=C\c1ccc2ccccc2n1)c1ccc(Br)cc1. The van der Waals surface area contributed by atoms with Crippen LogP contribution < -0.4 is 0 Å². The normalized spacial score (nSPS) is 11.5. The van der Waals surface area contributed by atoms with Gasteiger partial charge in [-0.05, 0) is 24.3 Å². The summed E-state index contributed by atoms with van der Waals surface area (Å²) in [5.41, 5.74) is 1.92. The Hall–Kier alpha value is -2.21. The zero-order chi connectivity index (χ0) is 16.2. The van der Waals surface area contributed by atoms with E-state index >= 15 is 0 Å². The van der Waals surface area contributed by atoms with Gasteiger partial charge in [0.1, 0.15) is 5.76 Å². The molecule has 0 radical (unpaired) electrons. The maximum Gasteiger partial charge on any atom is 0.796 e. The molecule has 1 aromatic heterocycles. The van der Waals surface area contributed by atoms with E-state index in [0.29, 0.717) is 11.3 Å². The molecule has 3 rings (SSSR count). The molecule has 0 saturated carbocycles. The Morgan fingerprint density at radius 1 is 1.00 bits per heavy atom. The largest absolute Gasteiger partial charge is 0.796 e. The van der Waals surface area contributed by atoms with Gasteiger partial charge < -0.3 is 4.65 Å². The third-order valence-electron chi connectivity index (χ3n) is 3.24. The van der Waals surface area contributed by atoms with Crippen molar-refractivity contribution >= 4 is 46.1 Å². The first kappa shape index (κ1) is 15.7. The van der Waals surface area contributed by atoms with Crippen molar-refractivity contribution in [2.24, 2.45) is 0 Å². The lowest BCUT2D eigenvalue weighted by molar-refractivity contribution is 0.398. The Morgan fingerprint density at radius 2 is 1.74 bits per heavy atom. The molecule has 0 unspecified atom stereocenters. The Balaban J connectivity index is 2.02. The smallest absolute Gasteiger partial charge is 0.505 e. The second-order valence-electron chi connectivity index (χ2n) is 4.82. The molecule has 0 aliphatic rings. The van der Waals surface area contributed by atoms with Crippen LogP contribution >= 0.6 is 15.9 Å². The van der Waals surface area contributed by atoms with Crippen LogP contribution in [0.15, 0.2) is 65.1 Å². The van der Waals surface area contributed by atoms with Gasteiger partial charge in [0.05, 0.1) is 11.2 Å². The van der Waals surface area contributed by atoms with Crippen molar-refractivity contribution in [3.63, 3.8) is 0 Å². The zero-order valence-corrected chi connectivity index (χ0v) is 13.5. The predicted molar refractivity (Wildman–Crippen MR) is 92.8 cm³/mol. The van der Waals surface area contributed by atoms with Gasteiger partial charge in [0.15, 0.2) is 0 Å². The van der Waals surface area contributed by atoms with Crippen LogP contribution in [0, 0.1) is 0 Å². The number of nitrogens with zero attached hydrogens (tertiary/aromatic N) is 1. The van der Waals surface area contributed by atoms with E-state index in [1.54, 1.807) is 30.3 Å². The number of hydrogen-bond donors (Lipinski definition) is 0. The highest BCUT2D eigenvalue weighted by Gasteiger charge is 2.20. The highest BCUT2D eigenvalue weighted by molar-refractivity contribution is 9.10. The number of aromatic nitrogens is 1. The Bertz CT molecular complexity index is 853. The topological polar surface area (TPSA) is 22.1 Å². The predicted octanol–water partition coefficient (Wildman–Crippen LogP) is 5.44. The minimum absolute atomic E-state index is 0.0790. The fourth-order valence-corrected chi connectivity index (χ4v) is 2.46. The fourth-order valence-electron chi connectivity index (χ4n) is 2.19. The molecule has 6 heteroatoms. The minimum atomic E-state index is -2.90. The van der Waals surface area contributed by atoms with Crippen LogP contribution in [-0.4, -0.2) is 12.5 Å². The average molecular weight is 374 g/mol. The summed E-state index contributed by atoms with van der Waals surface area (Å²) in [4.78, 5) is 4.45. The molecule has 2 nitrogen and oxygen atoms in total. The maximum atomic E-state index is 12.7. The highest BCUT2D eigenvalue weighted by atomic mass is 79.9. The van der Waals surface area contributed by atoms with Crippen LogP contribution in [0.5, 0.6) is 0 Å². The van der Waals surface area contributed by atoms with E-state index in [2.05, 4.69) is 25.6 Å². The molecular formula is C17H11BBrF2NO. The second-order valence-corrected chi connectivity index (χ2v) is 5.74. The van der Waals surface area contributed by atoms with Gasteiger partial charge in [-0.3, -0.25) is 0 Å². The molecular weight excluding hydrogens is 363 g/mol. The molecule has 0 saturated heterocycles. The summed E-state index contributed by atoms with van der Waals surface area (Å²) < 4.78 is 31.0. The van der Waals surface area contributed by atoms with Crippen molar-refractivity contribution in [3.05, 3.63) is 76.4 Å². The molecule has 3 aromatic rings. The first-order valence-corrected chi connectivity index (χ1v) is 7.69. The van der Waals surface area contributed by atoms with Gasteiger partial charge in [-0.15, -0.1) is 0 Å². The summed E-state index contributed by atoms with van der Waals surface area (Å²) in [6.45, 7) is 0. The van der Waals surface area contributed by atoms with Gasteiger partial charge >= 0.3 is 7.47 Å². The molecule has 0 fully saturated rings. The van der Waals surface area contributed by atoms with Crippen LogP contribution in [0.3, 0.4) is 0 Å². The highest BCUT2D eigenvalue weighted by Crippen LogP contribution is 2.23. The van der Waals surface area contributed by atoms with Gasteiger partial charge in [0, 0.05) is 21.5 Å². The lowest BCUT2D eigenvalue weighted by atomic mass is 10.1. The first-order chi connectivity index (χ1) is 11.1. The number of benzene rings is 2. The van der Waals surface area contributed by atoms with Crippen molar-refractivity contribution in [1.82, 2.24) is 4.98 Å². The van der Waals surface area contributed by atoms with Crippen molar-refractivity contribution in [2.45, 2.75) is 0 Å². The van der Waals surface area contributed by atoms with E-state index in [9.17, 15) is 8.63 Å². The molecule has 0 amide bonds. The molecule has 1 heterocycles. The van der Waals surface area contributed by atoms with Gasteiger partial charge in [0.25, 0.3) is 0 Å². The summed E-state index contributed by atoms with van der Waals surface area (Å²) in [5, 5.41) is 0.990. The van der Waals surface area contributed by atoms with E-state index in [0.717, 1.165) is 15.4 Å². The van der Waals surface area contributed by atoms with Crippen LogP contribution in [0.2, 0.25) is 0 Å². The summed E-state index contributed by atoms with van der Waals surface area (Å²) >= 11 is 3.32. The lowest BCUT2D eigenvalue weighted by Gasteiger charge is -2.09. The average Bonchev–Trinajstić information content (AvgIpc) is 2.54. The van der Waals surface area contributed by atoms with Gasteiger partial charge in [-0.25, -0.2) is 13.6 Å². The summed E-state index contributed by atoms with van der Waals surface area (Å²) in [6, 6.07) is 18.3. The molecule has 0 spiro atoms. The molecule has 2 aromatic carbocycles. The van der Waals surface area contributed by atoms with Crippen LogP contribution in [-0.2, 0) is 4.65 Å². The number of para-hydroxylation sites is 1. The summed E-state index contributed by atoms with van der Waals surface area (Å²) in [6.07, 6.45) is 1.52. The number of rotatable bonds is 4. The molecule has 0 aliphatic heterocycles. The molecule has 114 valence electrons. The Kier molecular flexibility index (Phi) is 4.72. The standard InChI is InChI=1S/C17H11BBrF2NO/c19-14-8-5-13(6-9-14)17(23-18(20)21)11-15-10-7-12-3-1-2-4-16(12)22-15/h1-11H/b17-11-. The fraction of sp³-hybridized carbons (Fsp3) is 0. The van der Waals surface area contributed by atoms with Crippen molar-refractivity contribution in [2.75, 3.05) is 0 Å². The summed E-state index contributed by atoms with van der Waals surface area (Å²) in [5.74, 6) is 0.0790. The van der Waals surface area contributed by atoms with E-state index in [1.165, 1.54) is 6.08 Å². The van der Waals surface area contributed by atoms with Crippen LogP contribution in [0.1, 0.15) is 11.3 Å². The van der Waals surface area contributed by atoms with E-state index in [-0.39, 0.29) is 5.76 Å². The van der Waals surface area contributed by atoms with Crippen LogP contribution in [0.25, 0.3) is 22.7 Å². The number of halogens is 3. The van der Waals surface area contributed by atoms with E-state index in [1.807, 2.05) is 30.3 Å². The number of fused-ring (bicyclic) bond motifs is 1. The van der Waals surface area contributed by atoms with Crippen LogP contribution in [0.4, 0.5) is 8.63 Å². The summed E-state index contributed by atoms with van der Waals surface area (Å²) in [7, 11) is -2.90. The third-order valence-corrected chi connectivity index (χ3v) is 3.77. The van der Waals surface area contributed by atoms with Crippen molar-refractivity contribution in [3.8, 4) is 0 Å². The maximum absolute atomic E-state index is 12.7. The van der Waals surface area contributed by atoms with Gasteiger partial charge in [0.2, 0.25) is 0 Å². The minimum Gasteiger partial charge on any atom is -0.505 e. The molecule has 23 heavy (non-hydrogen) atoms. The molecule has 0 atom stereocenters. The number of pyridine rings is 1. The molecule has 0 N–H and O–H groups in total. The quantitative estimate of drug-likeness (QED) is 0.449. The van der Waals surface area contributed by atoms with Gasteiger partial charge in [-0.1, -0.05) is 52.3 Å². The molecule has 0 aliphatic carbocycles. The van der Waals surface area contributed by atoms with E-state index in [4.69, 9.17) is 0 Å². The number of hydrogen-bond acceptors (Lipinski definition) is 2. The molecule has 0 bridgehead atoms. The Morgan fingerprint density at radius 3 is 2.48 bits per heavy atom. The van der Waals surface area contributed by atoms with Crippen molar-refractivity contribution in [1.29, 1.82) is 0 Å². The monoisotopic (exact) mass is 373 g/mol. The zero-order valence-electron chi connectivity index (χ0n) is 11.9. The Labute approximate surface area is 141 Å².